The highest BCUT2D eigenvalue weighted by Gasteiger charge is 2.40. The fraction of sp³-hybridized carbons (Fsp3) is 0.667. The van der Waals surface area contributed by atoms with Crippen LogP contribution >= 0.6 is 0 Å². The smallest absolute Gasteiger partial charge is 0.324 e. The van der Waals surface area contributed by atoms with Gasteiger partial charge in [0, 0.05) is 49.8 Å². The van der Waals surface area contributed by atoms with E-state index in [0.29, 0.717) is 31.6 Å². The van der Waals surface area contributed by atoms with Crippen LogP contribution in [0.5, 0.6) is 0 Å². The molecule has 2 fully saturated rings. The number of carbonyl (C=O) groups excluding carboxylic acids is 3. The van der Waals surface area contributed by atoms with Gasteiger partial charge in [-0.1, -0.05) is 6.92 Å². The van der Waals surface area contributed by atoms with E-state index in [1.165, 1.54) is 4.90 Å². The molecule has 3 aliphatic rings. The molecule has 4 amide bonds. The van der Waals surface area contributed by atoms with Crippen LogP contribution in [0.3, 0.4) is 0 Å². The van der Waals surface area contributed by atoms with Gasteiger partial charge in [-0.05, 0) is 32.6 Å². The van der Waals surface area contributed by atoms with Crippen molar-refractivity contribution in [1.82, 2.24) is 24.7 Å². The Labute approximate surface area is 175 Å². The van der Waals surface area contributed by atoms with Gasteiger partial charge in [-0.2, -0.15) is 4.98 Å². The van der Waals surface area contributed by atoms with Crippen LogP contribution in [0.4, 0.5) is 4.79 Å². The minimum Gasteiger partial charge on any atom is -0.342 e. The van der Waals surface area contributed by atoms with Crippen molar-refractivity contribution in [2.24, 2.45) is 0 Å². The Balaban J connectivity index is 1.48. The van der Waals surface area contributed by atoms with Crippen molar-refractivity contribution in [3.8, 4) is 0 Å². The monoisotopic (exact) mass is 415 g/mol. The van der Waals surface area contributed by atoms with E-state index < -0.39 is 12.1 Å². The van der Waals surface area contributed by atoms with Gasteiger partial charge in [0.25, 0.3) is 11.5 Å². The molecule has 4 rings (SSSR count). The zero-order chi connectivity index (χ0) is 21.4. The predicted molar refractivity (Wildman–Crippen MR) is 109 cm³/mol. The lowest BCUT2D eigenvalue weighted by molar-refractivity contribution is -0.136. The van der Waals surface area contributed by atoms with Gasteiger partial charge in [0.1, 0.15) is 11.9 Å². The first-order chi connectivity index (χ1) is 14.4. The number of rotatable bonds is 5. The van der Waals surface area contributed by atoms with Gasteiger partial charge in [0.15, 0.2) is 0 Å². The number of likely N-dealkylation sites (tertiary alicyclic amines) is 1. The molecule has 4 heterocycles. The highest BCUT2D eigenvalue weighted by atomic mass is 16.2. The lowest BCUT2D eigenvalue weighted by Crippen LogP contribution is -2.44. The molecular weight excluding hydrogens is 386 g/mol. The molecule has 9 nitrogen and oxygen atoms in total. The van der Waals surface area contributed by atoms with Crippen LogP contribution in [0.1, 0.15) is 62.0 Å². The zero-order valence-corrected chi connectivity index (χ0v) is 17.6. The molecule has 0 saturated carbocycles. The van der Waals surface area contributed by atoms with E-state index in [-0.39, 0.29) is 29.7 Å². The summed E-state index contributed by atoms with van der Waals surface area (Å²) in [6.45, 7) is 6.10. The predicted octanol–water partition coefficient (Wildman–Crippen LogP) is 0.924. The Hall–Kier alpha value is -2.71. The fourth-order valence-corrected chi connectivity index (χ4v) is 4.96. The molecule has 30 heavy (non-hydrogen) atoms. The molecule has 162 valence electrons. The molecule has 1 aromatic heterocycles. The Bertz CT molecular complexity index is 940. The van der Waals surface area contributed by atoms with Crippen molar-refractivity contribution in [3.63, 3.8) is 0 Å². The van der Waals surface area contributed by atoms with E-state index in [1.54, 1.807) is 4.90 Å². The van der Waals surface area contributed by atoms with Crippen molar-refractivity contribution in [2.75, 3.05) is 19.6 Å². The summed E-state index contributed by atoms with van der Waals surface area (Å²) < 4.78 is 2.17. The zero-order valence-electron chi connectivity index (χ0n) is 17.6. The first-order valence-corrected chi connectivity index (χ1v) is 10.9. The molecular formula is C21H29N5O4. The summed E-state index contributed by atoms with van der Waals surface area (Å²) >= 11 is 0. The van der Waals surface area contributed by atoms with Gasteiger partial charge >= 0.3 is 6.03 Å². The summed E-state index contributed by atoms with van der Waals surface area (Å²) in [6.07, 6.45) is 4.21. The summed E-state index contributed by atoms with van der Waals surface area (Å²) in [4.78, 5) is 56.9. The summed E-state index contributed by atoms with van der Waals surface area (Å²) in [5.41, 5.74) is 1.52. The summed E-state index contributed by atoms with van der Waals surface area (Å²) in [5.74, 6) is 0.477. The van der Waals surface area contributed by atoms with Crippen molar-refractivity contribution >= 4 is 17.8 Å². The van der Waals surface area contributed by atoms with Crippen molar-refractivity contribution in [2.45, 2.75) is 70.9 Å². The molecule has 0 aromatic carbocycles. The molecule has 1 aromatic rings. The van der Waals surface area contributed by atoms with Crippen LogP contribution in [-0.4, -0.2) is 62.9 Å². The van der Waals surface area contributed by atoms with E-state index in [1.807, 2.05) is 13.8 Å². The fourth-order valence-electron chi connectivity index (χ4n) is 4.96. The molecule has 9 heteroatoms. The number of aromatic nitrogens is 2. The lowest BCUT2D eigenvalue weighted by Gasteiger charge is -2.35. The summed E-state index contributed by atoms with van der Waals surface area (Å²) in [6, 6.07) is -1.20. The third kappa shape index (κ3) is 3.61. The highest BCUT2D eigenvalue weighted by Crippen LogP contribution is 2.31. The molecule has 2 saturated heterocycles. The third-order valence-electron chi connectivity index (χ3n) is 6.41. The second-order valence-corrected chi connectivity index (χ2v) is 8.47. The largest absolute Gasteiger partial charge is 0.342 e. The van der Waals surface area contributed by atoms with Crippen molar-refractivity contribution in [3.05, 3.63) is 27.4 Å². The summed E-state index contributed by atoms with van der Waals surface area (Å²) in [7, 11) is 0. The Kier molecular flexibility index (Phi) is 5.62. The second kappa shape index (κ2) is 8.20. The first kappa shape index (κ1) is 20.6. The number of nitrogens with zero attached hydrogens (tertiary/aromatic N) is 4. The SMILES string of the molecule is CCCN1C(=O)N[C@H](CC(=O)N2CCC[C@@H](c3c(C)c(=O)nc4n3CCC4)C2)C1=O. The number of hydrogen-bond acceptors (Lipinski definition) is 5. The van der Waals surface area contributed by atoms with Crippen molar-refractivity contribution in [1.29, 1.82) is 0 Å². The quantitative estimate of drug-likeness (QED) is 0.720. The van der Waals surface area contributed by atoms with Crippen LogP contribution in [0.2, 0.25) is 0 Å². The number of piperidine rings is 1. The van der Waals surface area contributed by atoms with E-state index in [2.05, 4.69) is 14.9 Å². The molecule has 1 N–H and O–H groups in total. The topological polar surface area (TPSA) is 105 Å². The standard InChI is InChI=1S/C21H29N5O4/c1-3-8-26-20(29)15(22-21(26)30)11-17(27)24-9-4-6-14(12-24)18-13(2)19(28)23-16-7-5-10-25(16)18/h14-15H,3-12H2,1-2H3,(H,22,30)/t14-,15-/m1/s1. The average molecular weight is 415 g/mol. The van der Waals surface area contributed by atoms with E-state index in [9.17, 15) is 19.2 Å². The lowest BCUT2D eigenvalue weighted by atomic mass is 9.91. The molecule has 0 bridgehead atoms. The minimum absolute atomic E-state index is 0.0229. The van der Waals surface area contributed by atoms with Gasteiger partial charge in [0.05, 0.1) is 6.42 Å². The number of aryl methyl sites for hydroxylation is 1. The average Bonchev–Trinajstić information content (AvgIpc) is 3.28. The maximum absolute atomic E-state index is 13.0. The molecule has 3 aliphatic heterocycles. The Morgan fingerprint density at radius 3 is 2.77 bits per heavy atom. The number of imide groups is 1. The number of carbonyl (C=O) groups is 3. The van der Waals surface area contributed by atoms with E-state index >= 15 is 0 Å². The molecule has 2 atom stereocenters. The van der Waals surface area contributed by atoms with Gasteiger partial charge in [-0.25, -0.2) is 4.79 Å². The molecule has 0 radical (unpaired) electrons. The number of hydrogen-bond donors (Lipinski definition) is 1. The van der Waals surface area contributed by atoms with Crippen LogP contribution in [0.15, 0.2) is 4.79 Å². The van der Waals surface area contributed by atoms with Crippen LogP contribution in [0, 0.1) is 6.92 Å². The van der Waals surface area contributed by atoms with Gasteiger partial charge < -0.3 is 14.8 Å². The van der Waals surface area contributed by atoms with Crippen molar-refractivity contribution < 1.29 is 14.4 Å². The Morgan fingerprint density at radius 1 is 1.20 bits per heavy atom. The normalized spacial score (nSPS) is 23.7. The van der Waals surface area contributed by atoms with Gasteiger partial charge in [-0.3, -0.25) is 19.3 Å². The number of amides is 4. The maximum Gasteiger partial charge on any atom is 0.324 e. The molecule has 0 aliphatic carbocycles. The number of nitrogens with one attached hydrogen (secondary N) is 1. The highest BCUT2D eigenvalue weighted by molar-refractivity contribution is 6.05. The first-order valence-electron chi connectivity index (χ1n) is 10.9. The third-order valence-corrected chi connectivity index (χ3v) is 6.41. The second-order valence-electron chi connectivity index (χ2n) is 8.47. The molecule has 0 unspecified atom stereocenters. The van der Waals surface area contributed by atoms with Gasteiger partial charge in [0.2, 0.25) is 5.91 Å². The van der Waals surface area contributed by atoms with E-state index in [4.69, 9.17) is 0 Å². The van der Waals surface area contributed by atoms with E-state index in [0.717, 1.165) is 43.7 Å². The van der Waals surface area contributed by atoms with Gasteiger partial charge in [-0.15, -0.1) is 0 Å². The number of fused-ring (bicyclic) bond motifs is 1. The van der Waals surface area contributed by atoms with Crippen LogP contribution < -0.4 is 10.9 Å². The number of urea groups is 1. The maximum atomic E-state index is 13.0. The minimum atomic E-state index is -0.786. The van der Waals surface area contributed by atoms with Crippen LogP contribution in [-0.2, 0) is 22.6 Å². The van der Waals surface area contributed by atoms with Crippen LogP contribution in [0.25, 0.3) is 0 Å². The molecule has 0 spiro atoms. The Morgan fingerprint density at radius 2 is 2.00 bits per heavy atom. The summed E-state index contributed by atoms with van der Waals surface area (Å²) in [5, 5.41) is 2.64.